The van der Waals surface area contributed by atoms with E-state index < -0.39 is 0 Å². The van der Waals surface area contributed by atoms with Gasteiger partial charge in [-0.25, -0.2) is 4.98 Å². The van der Waals surface area contributed by atoms with Crippen molar-refractivity contribution in [1.82, 2.24) is 9.97 Å². The summed E-state index contributed by atoms with van der Waals surface area (Å²) in [6.07, 6.45) is 2.65. The molecule has 0 aliphatic heterocycles. The fourth-order valence-corrected chi connectivity index (χ4v) is 2.19. The molecular weight excluding hydrogens is 276 g/mol. The van der Waals surface area contributed by atoms with Crippen LogP contribution in [0.1, 0.15) is 18.1 Å². The number of nitrogen functional groups attached to an aromatic ring is 1. The normalized spacial score (nSPS) is 10.6. The average molecular weight is 294 g/mol. The van der Waals surface area contributed by atoms with Crippen LogP contribution in [0.3, 0.4) is 0 Å². The van der Waals surface area contributed by atoms with Gasteiger partial charge in [0.05, 0.1) is 6.26 Å². The maximum absolute atomic E-state index is 5.77. The molecular formula is C17H18N4O. The molecule has 0 amide bonds. The van der Waals surface area contributed by atoms with E-state index in [0.717, 1.165) is 6.42 Å². The average Bonchev–Trinajstić information content (AvgIpc) is 3.07. The summed E-state index contributed by atoms with van der Waals surface area (Å²) >= 11 is 0. The highest BCUT2D eigenvalue weighted by molar-refractivity contribution is 5.59. The van der Waals surface area contributed by atoms with Crippen molar-refractivity contribution >= 4 is 11.8 Å². The molecule has 0 radical (unpaired) electrons. The van der Waals surface area contributed by atoms with Crippen molar-refractivity contribution in [3.63, 3.8) is 0 Å². The highest BCUT2D eigenvalue weighted by Gasteiger charge is 2.07. The molecule has 2 aromatic heterocycles. The zero-order chi connectivity index (χ0) is 15.4. The second-order valence-corrected chi connectivity index (χ2v) is 5.00. The summed E-state index contributed by atoms with van der Waals surface area (Å²) in [6.45, 7) is 2.82. The van der Waals surface area contributed by atoms with Crippen molar-refractivity contribution in [2.24, 2.45) is 0 Å². The van der Waals surface area contributed by atoms with Crippen LogP contribution in [0.5, 0.6) is 0 Å². The molecule has 5 heteroatoms. The van der Waals surface area contributed by atoms with Gasteiger partial charge in [-0.2, -0.15) is 4.98 Å². The maximum Gasteiger partial charge on any atom is 0.222 e. The van der Waals surface area contributed by atoms with E-state index in [4.69, 9.17) is 10.2 Å². The molecule has 0 aliphatic rings. The van der Waals surface area contributed by atoms with Crippen LogP contribution in [0, 0.1) is 0 Å². The summed E-state index contributed by atoms with van der Waals surface area (Å²) in [4.78, 5) is 8.39. The SMILES string of the molecule is CCc1ccc(CNc2cc(-c3ccco3)nc(N)n2)cc1. The molecule has 3 rings (SSSR count). The molecule has 0 unspecified atom stereocenters. The van der Waals surface area contributed by atoms with Crippen molar-refractivity contribution in [3.8, 4) is 11.5 Å². The summed E-state index contributed by atoms with van der Waals surface area (Å²) in [7, 11) is 0. The van der Waals surface area contributed by atoms with Gasteiger partial charge in [-0.15, -0.1) is 0 Å². The lowest BCUT2D eigenvalue weighted by atomic mass is 10.1. The van der Waals surface area contributed by atoms with E-state index in [1.165, 1.54) is 11.1 Å². The first-order valence-electron chi connectivity index (χ1n) is 7.24. The first kappa shape index (κ1) is 14.1. The van der Waals surface area contributed by atoms with E-state index in [2.05, 4.69) is 46.5 Å². The van der Waals surface area contributed by atoms with E-state index >= 15 is 0 Å². The lowest BCUT2D eigenvalue weighted by Gasteiger charge is -2.08. The third-order valence-electron chi connectivity index (χ3n) is 3.42. The van der Waals surface area contributed by atoms with Crippen LogP contribution in [0.2, 0.25) is 0 Å². The third-order valence-corrected chi connectivity index (χ3v) is 3.42. The maximum atomic E-state index is 5.77. The lowest BCUT2D eigenvalue weighted by Crippen LogP contribution is -2.05. The first-order chi connectivity index (χ1) is 10.7. The third kappa shape index (κ3) is 3.25. The van der Waals surface area contributed by atoms with E-state index in [1.54, 1.807) is 6.26 Å². The van der Waals surface area contributed by atoms with Crippen molar-refractivity contribution in [3.05, 3.63) is 59.9 Å². The fraction of sp³-hybridized carbons (Fsp3) is 0.176. The Morgan fingerprint density at radius 2 is 1.86 bits per heavy atom. The zero-order valence-electron chi connectivity index (χ0n) is 12.4. The van der Waals surface area contributed by atoms with Gasteiger partial charge in [0.1, 0.15) is 11.5 Å². The molecule has 2 heterocycles. The molecule has 0 saturated carbocycles. The second kappa shape index (κ2) is 6.30. The number of aryl methyl sites for hydroxylation is 1. The highest BCUT2D eigenvalue weighted by Crippen LogP contribution is 2.21. The molecule has 0 spiro atoms. The van der Waals surface area contributed by atoms with Crippen LogP contribution in [0.15, 0.2) is 53.1 Å². The lowest BCUT2D eigenvalue weighted by molar-refractivity contribution is 0.580. The van der Waals surface area contributed by atoms with Gasteiger partial charge in [-0.1, -0.05) is 31.2 Å². The van der Waals surface area contributed by atoms with Crippen LogP contribution in [0.4, 0.5) is 11.8 Å². The number of anilines is 2. The van der Waals surface area contributed by atoms with Gasteiger partial charge in [-0.3, -0.25) is 0 Å². The summed E-state index contributed by atoms with van der Waals surface area (Å²) in [5.74, 6) is 1.57. The Bertz CT molecular complexity index is 736. The molecule has 112 valence electrons. The number of rotatable bonds is 5. The van der Waals surface area contributed by atoms with Gasteiger partial charge in [0.25, 0.3) is 0 Å². The number of benzene rings is 1. The zero-order valence-corrected chi connectivity index (χ0v) is 12.4. The number of aromatic nitrogens is 2. The highest BCUT2D eigenvalue weighted by atomic mass is 16.3. The number of nitrogens with two attached hydrogens (primary N) is 1. The fourth-order valence-electron chi connectivity index (χ4n) is 2.19. The molecule has 22 heavy (non-hydrogen) atoms. The summed E-state index contributed by atoms with van der Waals surface area (Å²) in [6, 6.07) is 14.0. The van der Waals surface area contributed by atoms with E-state index in [-0.39, 0.29) is 5.95 Å². The molecule has 0 aliphatic carbocycles. The molecule has 1 aromatic carbocycles. The number of nitrogens with zero attached hydrogens (tertiary/aromatic N) is 2. The Hall–Kier alpha value is -2.82. The molecule has 0 saturated heterocycles. The minimum absolute atomic E-state index is 0.220. The van der Waals surface area contributed by atoms with Gasteiger partial charge < -0.3 is 15.5 Å². The van der Waals surface area contributed by atoms with Crippen LogP contribution >= 0.6 is 0 Å². The van der Waals surface area contributed by atoms with Crippen LogP contribution in [-0.2, 0) is 13.0 Å². The Labute approximate surface area is 129 Å². The predicted molar refractivity (Wildman–Crippen MR) is 87.3 cm³/mol. The summed E-state index contributed by atoms with van der Waals surface area (Å²) in [5.41, 5.74) is 8.95. The Kier molecular flexibility index (Phi) is 4.05. The second-order valence-electron chi connectivity index (χ2n) is 5.00. The van der Waals surface area contributed by atoms with Gasteiger partial charge in [0.15, 0.2) is 5.76 Å². The molecule has 0 fully saturated rings. The van der Waals surface area contributed by atoms with Crippen molar-refractivity contribution in [1.29, 1.82) is 0 Å². The standard InChI is InChI=1S/C17H18N4O/c1-2-12-5-7-13(8-6-12)11-19-16-10-14(20-17(18)21-16)15-4-3-9-22-15/h3-10H,2,11H2,1H3,(H3,18,19,20,21). The Balaban J connectivity index is 1.74. The number of hydrogen-bond acceptors (Lipinski definition) is 5. The monoisotopic (exact) mass is 294 g/mol. The van der Waals surface area contributed by atoms with Crippen LogP contribution in [0.25, 0.3) is 11.5 Å². The molecule has 3 N–H and O–H groups in total. The van der Waals surface area contributed by atoms with E-state index in [0.29, 0.717) is 23.8 Å². The topological polar surface area (TPSA) is 77.0 Å². The van der Waals surface area contributed by atoms with Gasteiger partial charge >= 0.3 is 0 Å². The summed E-state index contributed by atoms with van der Waals surface area (Å²) < 4.78 is 5.34. The predicted octanol–water partition coefficient (Wildman–Crippen LogP) is 3.49. The van der Waals surface area contributed by atoms with E-state index in [9.17, 15) is 0 Å². The van der Waals surface area contributed by atoms with Crippen molar-refractivity contribution in [2.45, 2.75) is 19.9 Å². The van der Waals surface area contributed by atoms with E-state index in [1.807, 2.05) is 18.2 Å². The van der Waals surface area contributed by atoms with Crippen molar-refractivity contribution < 1.29 is 4.42 Å². The van der Waals surface area contributed by atoms with Gasteiger partial charge in [-0.05, 0) is 29.7 Å². The molecule has 0 atom stereocenters. The molecule has 3 aromatic rings. The van der Waals surface area contributed by atoms with Gasteiger partial charge in [0, 0.05) is 12.6 Å². The van der Waals surface area contributed by atoms with Crippen LogP contribution in [-0.4, -0.2) is 9.97 Å². The minimum atomic E-state index is 0.220. The molecule has 0 bridgehead atoms. The quantitative estimate of drug-likeness (QED) is 0.753. The summed E-state index contributed by atoms with van der Waals surface area (Å²) in [5, 5.41) is 3.27. The number of furan rings is 1. The van der Waals surface area contributed by atoms with Crippen LogP contribution < -0.4 is 11.1 Å². The largest absolute Gasteiger partial charge is 0.463 e. The molecule has 5 nitrogen and oxygen atoms in total. The first-order valence-corrected chi connectivity index (χ1v) is 7.24. The minimum Gasteiger partial charge on any atom is -0.463 e. The smallest absolute Gasteiger partial charge is 0.222 e. The number of nitrogens with one attached hydrogen (secondary N) is 1. The Morgan fingerprint density at radius 3 is 2.55 bits per heavy atom. The van der Waals surface area contributed by atoms with Gasteiger partial charge in [0.2, 0.25) is 5.95 Å². The Morgan fingerprint density at radius 1 is 1.09 bits per heavy atom. The number of hydrogen-bond donors (Lipinski definition) is 2. The van der Waals surface area contributed by atoms with Crippen molar-refractivity contribution in [2.75, 3.05) is 11.1 Å².